The second-order valence-electron chi connectivity index (χ2n) is 8.95. The molecular formula is C21H34ClNO3S. The van der Waals surface area contributed by atoms with E-state index >= 15 is 0 Å². The molecule has 6 heteroatoms. The van der Waals surface area contributed by atoms with Crippen molar-refractivity contribution in [1.82, 2.24) is 4.72 Å². The zero-order chi connectivity index (χ0) is 20.2. The maximum absolute atomic E-state index is 12.9. The number of benzene rings is 1. The molecule has 0 bridgehead atoms. The van der Waals surface area contributed by atoms with Gasteiger partial charge in [0, 0.05) is 28.9 Å². The van der Waals surface area contributed by atoms with E-state index in [2.05, 4.69) is 30.7 Å². The second-order valence-corrected chi connectivity index (χ2v) is 11.4. The fraction of sp³-hybridized carbons (Fsp3) is 0.714. The maximum atomic E-state index is 12.9. The third-order valence-electron chi connectivity index (χ3n) is 5.20. The van der Waals surface area contributed by atoms with Gasteiger partial charge in [-0.05, 0) is 63.6 Å². The number of nitrogens with one attached hydrogen (secondary N) is 1. The predicted molar refractivity (Wildman–Crippen MR) is 113 cm³/mol. The monoisotopic (exact) mass is 415 g/mol. The van der Waals surface area contributed by atoms with Crippen LogP contribution in [0.1, 0.15) is 59.4 Å². The van der Waals surface area contributed by atoms with Crippen LogP contribution in [0.5, 0.6) is 0 Å². The molecule has 0 saturated heterocycles. The van der Waals surface area contributed by atoms with Crippen LogP contribution in [0, 0.1) is 5.92 Å². The first-order valence-electron chi connectivity index (χ1n) is 9.63. The number of halogens is 1. The molecule has 1 aliphatic carbocycles. The van der Waals surface area contributed by atoms with E-state index in [1.165, 1.54) is 5.56 Å². The molecule has 0 unspecified atom stereocenters. The molecule has 0 aromatic heterocycles. The number of hydrogen-bond acceptors (Lipinski definition) is 4. The predicted octanol–water partition coefficient (Wildman–Crippen LogP) is 4.83. The van der Waals surface area contributed by atoms with Crippen molar-refractivity contribution in [3.63, 3.8) is 0 Å². The Morgan fingerprint density at radius 3 is 2.33 bits per heavy atom. The van der Waals surface area contributed by atoms with Gasteiger partial charge in [-0.15, -0.1) is 4.72 Å². The highest BCUT2D eigenvalue weighted by molar-refractivity contribution is 7.90. The summed E-state index contributed by atoms with van der Waals surface area (Å²) in [4.78, 5) is 0. The van der Waals surface area contributed by atoms with Gasteiger partial charge in [0.2, 0.25) is 0 Å². The standard InChI is InChI=1S/C21H34ClNO3S/c1-15(2)11-19(23-27(24)20(3,4)5)21(12-18(13-21)26-14-25-6)16-7-9-17(22)10-8-16/h7-10,15,18-19,23H,11-14H2,1-6H3/t18-,19-,21-,27-/m1/s1. The van der Waals surface area contributed by atoms with E-state index in [0.29, 0.717) is 12.7 Å². The van der Waals surface area contributed by atoms with Crippen molar-refractivity contribution in [3.05, 3.63) is 34.9 Å². The summed E-state index contributed by atoms with van der Waals surface area (Å²) < 4.78 is 26.9. The van der Waals surface area contributed by atoms with E-state index in [-0.39, 0.29) is 22.3 Å². The van der Waals surface area contributed by atoms with Gasteiger partial charge in [-0.1, -0.05) is 37.6 Å². The smallest absolute Gasteiger partial charge is 0.146 e. The van der Waals surface area contributed by atoms with E-state index in [9.17, 15) is 4.55 Å². The normalized spacial score (nSPS) is 25.3. The highest BCUT2D eigenvalue weighted by Crippen LogP contribution is 2.50. The Kier molecular flexibility index (Phi) is 8.06. The van der Waals surface area contributed by atoms with E-state index in [1.807, 2.05) is 32.9 Å². The summed E-state index contributed by atoms with van der Waals surface area (Å²) in [5, 5.41) is 0.729. The maximum Gasteiger partial charge on any atom is 0.146 e. The minimum atomic E-state index is -1.13. The lowest BCUT2D eigenvalue weighted by atomic mass is 9.57. The first-order valence-corrected chi connectivity index (χ1v) is 11.2. The van der Waals surface area contributed by atoms with Gasteiger partial charge >= 0.3 is 0 Å². The Balaban J connectivity index is 2.31. The van der Waals surface area contributed by atoms with Gasteiger partial charge in [-0.2, -0.15) is 0 Å². The fourth-order valence-corrected chi connectivity index (χ4v) is 4.76. The fourth-order valence-electron chi connectivity index (χ4n) is 3.70. The average Bonchev–Trinajstić information content (AvgIpc) is 2.53. The Morgan fingerprint density at radius 1 is 1.26 bits per heavy atom. The number of rotatable bonds is 9. The van der Waals surface area contributed by atoms with Crippen molar-refractivity contribution >= 4 is 23.0 Å². The van der Waals surface area contributed by atoms with Crippen molar-refractivity contribution in [2.45, 2.75) is 76.2 Å². The molecular weight excluding hydrogens is 382 g/mol. The topological polar surface area (TPSA) is 53.5 Å². The minimum Gasteiger partial charge on any atom is -0.598 e. The van der Waals surface area contributed by atoms with Crippen molar-refractivity contribution in [3.8, 4) is 0 Å². The molecule has 27 heavy (non-hydrogen) atoms. The van der Waals surface area contributed by atoms with Crippen LogP contribution in [0.25, 0.3) is 0 Å². The molecule has 1 aromatic rings. The molecule has 0 heterocycles. The third kappa shape index (κ3) is 5.84. The quantitative estimate of drug-likeness (QED) is 0.463. The lowest BCUT2D eigenvalue weighted by Gasteiger charge is -2.53. The highest BCUT2D eigenvalue weighted by Gasteiger charge is 2.53. The van der Waals surface area contributed by atoms with E-state index in [0.717, 1.165) is 24.3 Å². The van der Waals surface area contributed by atoms with Crippen molar-refractivity contribution in [2.75, 3.05) is 13.9 Å². The molecule has 1 aliphatic rings. The molecule has 154 valence electrons. The van der Waals surface area contributed by atoms with E-state index in [1.54, 1.807) is 7.11 Å². The summed E-state index contributed by atoms with van der Waals surface area (Å²) in [7, 11) is 1.64. The van der Waals surface area contributed by atoms with Crippen LogP contribution in [-0.4, -0.2) is 35.3 Å². The summed E-state index contributed by atoms with van der Waals surface area (Å²) in [6.07, 6.45) is 2.86. The van der Waals surface area contributed by atoms with Crippen LogP contribution in [0.4, 0.5) is 0 Å². The van der Waals surface area contributed by atoms with E-state index < -0.39 is 11.4 Å². The van der Waals surface area contributed by atoms with Crippen LogP contribution in [0.3, 0.4) is 0 Å². The highest BCUT2D eigenvalue weighted by atomic mass is 35.5. The van der Waals surface area contributed by atoms with Gasteiger partial charge in [-0.3, -0.25) is 0 Å². The Morgan fingerprint density at radius 2 is 1.85 bits per heavy atom. The van der Waals surface area contributed by atoms with Crippen LogP contribution >= 0.6 is 11.6 Å². The van der Waals surface area contributed by atoms with Crippen LogP contribution < -0.4 is 4.72 Å². The zero-order valence-corrected chi connectivity index (χ0v) is 19.0. The Bertz CT molecular complexity index is 582. The number of hydrogen-bond donors (Lipinski definition) is 1. The summed E-state index contributed by atoms with van der Waals surface area (Å²) >= 11 is 4.99. The third-order valence-corrected chi connectivity index (χ3v) is 7.07. The lowest BCUT2D eigenvalue weighted by molar-refractivity contribution is -0.127. The van der Waals surface area contributed by atoms with Gasteiger partial charge < -0.3 is 14.0 Å². The van der Waals surface area contributed by atoms with Gasteiger partial charge in [0.1, 0.15) is 11.5 Å². The first-order chi connectivity index (χ1) is 12.6. The van der Waals surface area contributed by atoms with E-state index in [4.69, 9.17) is 21.1 Å². The van der Waals surface area contributed by atoms with Crippen LogP contribution in [-0.2, 0) is 26.3 Å². The summed E-state index contributed by atoms with van der Waals surface area (Å²) in [5.74, 6) is 0.489. The van der Waals surface area contributed by atoms with Crippen molar-refractivity contribution in [2.24, 2.45) is 5.92 Å². The molecule has 1 saturated carbocycles. The summed E-state index contributed by atoms with van der Waals surface area (Å²) in [6.45, 7) is 10.7. The molecule has 1 N–H and O–H groups in total. The molecule has 1 aromatic carbocycles. The molecule has 0 aliphatic heterocycles. The number of ether oxygens (including phenoxy) is 2. The zero-order valence-electron chi connectivity index (χ0n) is 17.4. The largest absolute Gasteiger partial charge is 0.598 e. The molecule has 1 fully saturated rings. The van der Waals surface area contributed by atoms with Gasteiger partial charge in [0.25, 0.3) is 0 Å². The van der Waals surface area contributed by atoms with Crippen LogP contribution in [0.2, 0.25) is 5.02 Å². The Labute approximate surface area is 172 Å². The van der Waals surface area contributed by atoms with Crippen molar-refractivity contribution in [1.29, 1.82) is 0 Å². The average molecular weight is 416 g/mol. The number of methoxy groups -OCH3 is 1. The van der Waals surface area contributed by atoms with Gasteiger partial charge in [0.15, 0.2) is 0 Å². The molecule has 2 rings (SSSR count). The molecule has 0 spiro atoms. The van der Waals surface area contributed by atoms with Gasteiger partial charge in [0.05, 0.1) is 12.1 Å². The molecule has 2 atom stereocenters. The minimum absolute atomic E-state index is 0.0983. The SMILES string of the molecule is COCO[C@H]1C[C@](c2ccc(Cl)cc2)([C@@H](CC(C)C)N[S@+]([O-])C(C)(C)C)C1. The first kappa shape index (κ1) is 23.0. The van der Waals surface area contributed by atoms with Gasteiger partial charge in [-0.25, -0.2) is 0 Å². The van der Waals surface area contributed by atoms with Crippen molar-refractivity contribution < 1.29 is 14.0 Å². The van der Waals surface area contributed by atoms with Crippen LogP contribution in [0.15, 0.2) is 24.3 Å². The lowest BCUT2D eigenvalue weighted by Crippen LogP contribution is -2.61. The summed E-state index contributed by atoms with van der Waals surface area (Å²) in [5.41, 5.74) is 1.11. The molecule has 0 amide bonds. The Hall–Kier alpha value is -0.300. The molecule has 4 nitrogen and oxygen atoms in total. The summed E-state index contributed by atoms with van der Waals surface area (Å²) in [6, 6.07) is 8.18. The second kappa shape index (κ2) is 9.47. The molecule has 0 radical (unpaired) electrons.